The van der Waals surface area contributed by atoms with E-state index in [1.807, 2.05) is 6.07 Å². The largest absolute Gasteiger partial charge is 0.507 e. The van der Waals surface area contributed by atoms with Crippen molar-refractivity contribution in [1.82, 2.24) is 15.2 Å². The van der Waals surface area contributed by atoms with Gasteiger partial charge in [0.1, 0.15) is 17.3 Å². The van der Waals surface area contributed by atoms with Gasteiger partial charge in [0.15, 0.2) is 4.34 Å². The van der Waals surface area contributed by atoms with Crippen LogP contribution in [0.15, 0.2) is 83.0 Å². The van der Waals surface area contributed by atoms with Gasteiger partial charge in [0.25, 0.3) is 5.78 Å². The van der Waals surface area contributed by atoms with Gasteiger partial charge in [0.2, 0.25) is 5.13 Å². The monoisotopic (exact) mass is 590 g/mol. The second kappa shape index (κ2) is 13.0. The zero-order valence-corrected chi connectivity index (χ0v) is 23.8. The van der Waals surface area contributed by atoms with Crippen molar-refractivity contribution in [3.8, 4) is 5.75 Å². The van der Waals surface area contributed by atoms with E-state index in [0.29, 0.717) is 33.6 Å². The van der Waals surface area contributed by atoms with Crippen LogP contribution < -0.4 is 9.64 Å². The van der Waals surface area contributed by atoms with Crippen molar-refractivity contribution >= 4 is 45.7 Å². The predicted octanol–water partition coefficient (Wildman–Crippen LogP) is 6.56. The topological polar surface area (TPSA) is 106 Å². The van der Waals surface area contributed by atoms with Crippen LogP contribution in [-0.4, -0.2) is 38.6 Å². The SMILES string of the molecule is CCCCCOc1cccc(C2/C(=C(\O)c3ccncc3)C(=O)C(=O)N2c2nnc(SCc3ccc(F)cc3)s2)c1. The van der Waals surface area contributed by atoms with Crippen LogP contribution in [0.3, 0.4) is 0 Å². The van der Waals surface area contributed by atoms with E-state index in [9.17, 15) is 19.1 Å². The summed E-state index contributed by atoms with van der Waals surface area (Å²) in [6.45, 7) is 2.66. The Morgan fingerprint density at radius 2 is 1.85 bits per heavy atom. The summed E-state index contributed by atoms with van der Waals surface area (Å²) in [4.78, 5) is 32.2. The van der Waals surface area contributed by atoms with Crippen molar-refractivity contribution < 1.29 is 23.8 Å². The van der Waals surface area contributed by atoms with E-state index in [1.54, 1.807) is 42.5 Å². The first-order valence-corrected chi connectivity index (χ1v) is 14.9. The molecule has 0 aliphatic carbocycles. The highest BCUT2D eigenvalue weighted by atomic mass is 32.2. The van der Waals surface area contributed by atoms with Crippen molar-refractivity contribution in [2.24, 2.45) is 0 Å². The second-order valence-electron chi connectivity index (χ2n) is 9.30. The summed E-state index contributed by atoms with van der Waals surface area (Å²) in [7, 11) is 0. The molecule has 11 heteroatoms. The van der Waals surface area contributed by atoms with Crippen LogP contribution in [0, 0.1) is 5.82 Å². The molecule has 1 fully saturated rings. The lowest BCUT2D eigenvalue weighted by Crippen LogP contribution is -2.29. The Labute approximate surface area is 244 Å². The molecule has 4 aromatic rings. The normalized spacial score (nSPS) is 16.3. The number of halogens is 1. The first-order valence-electron chi connectivity index (χ1n) is 13.1. The summed E-state index contributed by atoms with van der Waals surface area (Å²) < 4.78 is 19.8. The molecule has 5 rings (SSSR count). The Bertz CT molecular complexity index is 1560. The van der Waals surface area contributed by atoms with Crippen LogP contribution in [0.4, 0.5) is 9.52 Å². The Kier molecular flexibility index (Phi) is 9.05. The number of benzene rings is 2. The molecule has 1 aliphatic heterocycles. The molecule has 3 heterocycles. The summed E-state index contributed by atoms with van der Waals surface area (Å²) in [5.41, 5.74) is 1.80. The highest BCUT2D eigenvalue weighted by molar-refractivity contribution is 8.00. The average molecular weight is 591 g/mol. The maximum Gasteiger partial charge on any atom is 0.301 e. The molecule has 1 N–H and O–H groups in total. The molecule has 0 spiro atoms. The van der Waals surface area contributed by atoms with Crippen LogP contribution in [0.25, 0.3) is 5.76 Å². The van der Waals surface area contributed by atoms with Gasteiger partial charge < -0.3 is 9.84 Å². The lowest BCUT2D eigenvalue weighted by atomic mass is 9.95. The highest BCUT2D eigenvalue weighted by Crippen LogP contribution is 2.44. The number of unbranched alkanes of at least 4 members (excludes halogenated alkanes) is 2. The smallest absolute Gasteiger partial charge is 0.301 e. The number of Topliss-reactive ketones (excluding diaryl/α,β-unsaturated/α-hetero) is 1. The molecule has 1 atom stereocenters. The van der Waals surface area contributed by atoms with E-state index in [0.717, 1.165) is 36.2 Å². The number of aromatic nitrogens is 3. The molecule has 1 saturated heterocycles. The molecule has 1 unspecified atom stereocenters. The van der Waals surface area contributed by atoms with Crippen molar-refractivity contribution in [3.63, 3.8) is 0 Å². The molecule has 41 heavy (non-hydrogen) atoms. The number of hydrogen-bond donors (Lipinski definition) is 1. The quantitative estimate of drug-likeness (QED) is 0.0523. The second-order valence-corrected chi connectivity index (χ2v) is 11.5. The van der Waals surface area contributed by atoms with E-state index < -0.39 is 17.7 Å². The van der Waals surface area contributed by atoms with E-state index in [1.165, 1.54) is 41.2 Å². The minimum Gasteiger partial charge on any atom is -0.507 e. The van der Waals surface area contributed by atoms with Crippen molar-refractivity contribution in [2.45, 2.75) is 42.3 Å². The van der Waals surface area contributed by atoms with Gasteiger partial charge in [-0.15, -0.1) is 10.2 Å². The van der Waals surface area contributed by atoms with Gasteiger partial charge >= 0.3 is 5.91 Å². The number of amides is 1. The molecule has 0 saturated carbocycles. The number of aliphatic hydroxyl groups is 1. The van der Waals surface area contributed by atoms with Crippen molar-refractivity contribution in [2.75, 3.05) is 11.5 Å². The standard InChI is InChI=1S/C30H27FN4O4S2/c1-2-3-4-16-39-23-7-5-6-21(17-23)25-24(26(36)20-12-14-32-15-13-20)27(37)28(38)35(25)29-33-34-30(41-29)40-18-19-8-10-22(31)11-9-19/h5-15,17,25,36H,2-4,16,18H2,1H3/b26-24+. The summed E-state index contributed by atoms with van der Waals surface area (Å²) in [5.74, 6) is -1.13. The maximum atomic E-state index is 13.5. The number of aliphatic hydroxyl groups excluding tert-OH is 1. The summed E-state index contributed by atoms with van der Waals surface area (Å²) in [6.07, 6.45) is 6.02. The molecular formula is C30H27FN4O4S2. The number of rotatable bonds is 11. The van der Waals surface area contributed by atoms with Crippen molar-refractivity contribution in [1.29, 1.82) is 0 Å². The molecule has 2 aromatic carbocycles. The zero-order valence-electron chi connectivity index (χ0n) is 22.2. The van der Waals surface area contributed by atoms with E-state index in [-0.39, 0.29) is 22.3 Å². The van der Waals surface area contributed by atoms with Gasteiger partial charge in [-0.1, -0.05) is 67.1 Å². The third-order valence-electron chi connectivity index (χ3n) is 6.47. The van der Waals surface area contributed by atoms with E-state index >= 15 is 0 Å². The fourth-order valence-corrected chi connectivity index (χ4v) is 6.23. The number of nitrogens with zero attached hydrogens (tertiary/aromatic N) is 4. The molecule has 2 aromatic heterocycles. The van der Waals surface area contributed by atoms with Crippen molar-refractivity contribution in [3.05, 3.63) is 101 Å². The van der Waals surface area contributed by atoms with Gasteiger partial charge in [-0.05, 0) is 53.9 Å². The molecule has 0 bridgehead atoms. The van der Waals surface area contributed by atoms with Gasteiger partial charge in [-0.25, -0.2) is 4.39 Å². The molecule has 1 amide bonds. The van der Waals surface area contributed by atoms with Gasteiger partial charge in [-0.3, -0.25) is 19.5 Å². The fraction of sp³-hybridized carbons (Fsp3) is 0.233. The number of anilines is 1. The number of carbonyl (C=O) groups excluding carboxylic acids is 2. The number of pyridine rings is 1. The molecule has 210 valence electrons. The summed E-state index contributed by atoms with van der Waals surface area (Å²) >= 11 is 2.55. The van der Waals surface area contributed by atoms with Crippen LogP contribution in [0.5, 0.6) is 5.75 Å². The number of ketones is 1. The van der Waals surface area contributed by atoms with Gasteiger partial charge in [0, 0.05) is 23.7 Å². The number of hydrogen-bond acceptors (Lipinski definition) is 9. The average Bonchev–Trinajstić information content (AvgIpc) is 3.57. The lowest BCUT2D eigenvalue weighted by Gasteiger charge is -2.23. The number of thioether (sulfide) groups is 1. The lowest BCUT2D eigenvalue weighted by molar-refractivity contribution is -0.132. The first kappa shape index (κ1) is 28.4. The molecule has 0 radical (unpaired) electrons. The first-order chi connectivity index (χ1) is 20.0. The molecular weight excluding hydrogens is 563 g/mol. The number of carbonyl (C=O) groups is 2. The number of ether oxygens (including phenoxy) is 1. The Morgan fingerprint density at radius 1 is 1.07 bits per heavy atom. The van der Waals surface area contributed by atoms with Crippen LogP contribution in [-0.2, 0) is 15.3 Å². The Hall–Kier alpha value is -4.09. The molecule has 8 nitrogen and oxygen atoms in total. The van der Waals surface area contributed by atoms with Crippen LogP contribution in [0.2, 0.25) is 0 Å². The summed E-state index contributed by atoms with van der Waals surface area (Å²) in [5, 5.41) is 20.0. The minimum atomic E-state index is -0.953. The van der Waals surface area contributed by atoms with E-state index in [2.05, 4.69) is 22.1 Å². The third kappa shape index (κ3) is 6.47. The highest BCUT2D eigenvalue weighted by Gasteiger charge is 2.48. The van der Waals surface area contributed by atoms with E-state index in [4.69, 9.17) is 4.74 Å². The van der Waals surface area contributed by atoms with Crippen LogP contribution >= 0.6 is 23.1 Å². The Balaban J connectivity index is 1.50. The van der Waals surface area contributed by atoms with Gasteiger partial charge in [-0.2, -0.15) is 0 Å². The molecule has 1 aliphatic rings. The summed E-state index contributed by atoms with van der Waals surface area (Å²) in [6, 6.07) is 15.5. The Morgan fingerprint density at radius 3 is 2.61 bits per heavy atom. The fourth-order valence-electron chi connectivity index (χ4n) is 4.41. The van der Waals surface area contributed by atoms with Gasteiger partial charge in [0.05, 0.1) is 18.2 Å². The van der Waals surface area contributed by atoms with Crippen LogP contribution in [0.1, 0.15) is 48.9 Å². The third-order valence-corrected chi connectivity index (χ3v) is 8.59. The zero-order chi connectivity index (χ0) is 28.8. The minimum absolute atomic E-state index is 0.0555. The predicted molar refractivity (Wildman–Crippen MR) is 156 cm³/mol. The maximum absolute atomic E-state index is 13.5.